The fourth-order valence-electron chi connectivity index (χ4n) is 2.06. The number of carbonyl (C=O) groups excluding carboxylic acids is 1. The van der Waals surface area contributed by atoms with Crippen LogP contribution in [0.1, 0.15) is 15.9 Å². The predicted octanol–water partition coefficient (Wildman–Crippen LogP) is 1.02. The summed E-state index contributed by atoms with van der Waals surface area (Å²) in [5.74, 6) is -0.522. The zero-order chi connectivity index (χ0) is 14.8. The van der Waals surface area contributed by atoms with Gasteiger partial charge < -0.3 is 15.7 Å². The molecule has 1 aromatic rings. The van der Waals surface area contributed by atoms with Crippen LogP contribution in [0, 0.1) is 5.92 Å². The van der Waals surface area contributed by atoms with Crippen LogP contribution in [0.5, 0.6) is 0 Å². The van der Waals surface area contributed by atoms with E-state index in [2.05, 4.69) is 10.6 Å². The van der Waals surface area contributed by atoms with Gasteiger partial charge in [-0.1, -0.05) is 0 Å². The summed E-state index contributed by atoms with van der Waals surface area (Å²) >= 11 is 0. The summed E-state index contributed by atoms with van der Waals surface area (Å²) in [6, 6.07) is 4.03. The largest absolute Gasteiger partial charge is 0.416 e. The molecule has 0 saturated carbocycles. The van der Waals surface area contributed by atoms with Crippen molar-refractivity contribution in [2.75, 3.05) is 19.6 Å². The van der Waals surface area contributed by atoms with E-state index >= 15 is 0 Å². The molecule has 0 aliphatic carbocycles. The number of β-amino-alcohol motifs (C(OH)–C–C–N with tert-alkyl or cyclic N) is 1. The molecule has 0 spiro atoms. The van der Waals surface area contributed by atoms with Crippen LogP contribution < -0.4 is 10.6 Å². The molecular weight excluding hydrogens is 273 g/mol. The van der Waals surface area contributed by atoms with Gasteiger partial charge in [0.15, 0.2) is 0 Å². The third-order valence-electron chi connectivity index (χ3n) is 3.30. The van der Waals surface area contributed by atoms with Gasteiger partial charge in [0.2, 0.25) is 0 Å². The van der Waals surface area contributed by atoms with Crippen LogP contribution in [0.3, 0.4) is 0 Å². The average molecular weight is 288 g/mol. The highest BCUT2D eigenvalue weighted by atomic mass is 19.4. The molecule has 2 unspecified atom stereocenters. The van der Waals surface area contributed by atoms with Gasteiger partial charge in [-0.25, -0.2) is 0 Å². The standard InChI is InChI=1S/C13H15F3N2O2/c14-13(15,16)10-3-1-8(2-4-10)12(20)18-6-9-5-17-7-11(9)19/h1-4,9,11,17,19H,5-7H2,(H,18,20). The van der Waals surface area contributed by atoms with E-state index in [1.54, 1.807) is 0 Å². The summed E-state index contributed by atoms with van der Waals surface area (Å²) in [6.45, 7) is 1.38. The van der Waals surface area contributed by atoms with Gasteiger partial charge in [0.05, 0.1) is 11.7 Å². The Balaban J connectivity index is 1.92. The lowest BCUT2D eigenvalue weighted by Gasteiger charge is -2.14. The van der Waals surface area contributed by atoms with Gasteiger partial charge in [-0.05, 0) is 24.3 Å². The fourth-order valence-corrected chi connectivity index (χ4v) is 2.06. The summed E-state index contributed by atoms with van der Waals surface area (Å²) in [5.41, 5.74) is -0.622. The van der Waals surface area contributed by atoms with Crippen molar-refractivity contribution < 1.29 is 23.1 Å². The van der Waals surface area contributed by atoms with Gasteiger partial charge in [-0.2, -0.15) is 13.2 Å². The van der Waals surface area contributed by atoms with E-state index in [-0.39, 0.29) is 18.0 Å². The lowest BCUT2D eigenvalue weighted by molar-refractivity contribution is -0.137. The molecule has 1 saturated heterocycles. The third kappa shape index (κ3) is 3.49. The number of amides is 1. The van der Waals surface area contributed by atoms with Gasteiger partial charge >= 0.3 is 6.18 Å². The Morgan fingerprint density at radius 3 is 2.45 bits per heavy atom. The highest BCUT2D eigenvalue weighted by Gasteiger charge is 2.30. The third-order valence-corrected chi connectivity index (χ3v) is 3.30. The zero-order valence-corrected chi connectivity index (χ0v) is 10.6. The smallest absolute Gasteiger partial charge is 0.391 e. The minimum atomic E-state index is -4.41. The lowest BCUT2D eigenvalue weighted by atomic mass is 10.1. The molecule has 2 rings (SSSR count). The monoisotopic (exact) mass is 288 g/mol. The minimum Gasteiger partial charge on any atom is -0.391 e. The van der Waals surface area contributed by atoms with E-state index in [0.717, 1.165) is 24.3 Å². The molecule has 0 aromatic heterocycles. The first-order valence-electron chi connectivity index (χ1n) is 6.22. The van der Waals surface area contributed by atoms with Crippen molar-refractivity contribution in [1.82, 2.24) is 10.6 Å². The topological polar surface area (TPSA) is 61.4 Å². The van der Waals surface area contributed by atoms with Crippen molar-refractivity contribution in [2.24, 2.45) is 5.92 Å². The number of hydrogen-bond donors (Lipinski definition) is 3. The maximum Gasteiger partial charge on any atom is 0.416 e. The molecule has 20 heavy (non-hydrogen) atoms. The quantitative estimate of drug-likeness (QED) is 0.778. The Morgan fingerprint density at radius 1 is 1.30 bits per heavy atom. The second-order valence-electron chi connectivity index (χ2n) is 4.77. The normalized spacial score (nSPS) is 22.8. The number of halogens is 3. The number of benzene rings is 1. The van der Waals surface area contributed by atoms with Gasteiger partial charge in [0, 0.05) is 31.1 Å². The van der Waals surface area contributed by atoms with Crippen molar-refractivity contribution in [2.45, 2.75) is 12.3 Å². The second-order valence-corrected chi connectivity index (χ2v) is 4.77. The van der Waals surface area contributed by atoms with Gasteiger partial charge in [-0.3, -0.25) is 4.79 Å². The highest BCUT2D eigenvalue weighted by molar-refractivity contribution is 5.94. The lowest BCUT2D eigenvalue weighted by Crippen LogP contribution is -2.34. The molecule has 2 atom stereocenters. The van der Waals surface area contributed by atoms with E-state index in [9.17, 15) is 23.1 Å². The molecule has 0 bridgehead atoms. The van der Waals surface area contributed by atoms with Crippen LogP contribution in [-0.4, -0.2) is 36.8 Å². The molecule has 7 heteroatoms. The Bertz CT molecular complexity index is 473. The molecule has 4 nitrogen and oxygen atoms in total. The van der Waals surface area contributed by atoms with Crippen molar-refractivity contribution in [1.29, 1.82) is 0 Å². The van der Waals surface area contributed by atoms with E-state index in [1.807, 2.05) is 0 Å². The van der Waals surface area contributed by atoms with Crippen LogP contribution in [0.15, 0.2) is 24.3 Å². The second kappa shape index (κ2) is 5.80. The Kier molecular flexibility index (Phi) is 4.29. The number of carbonyl (C=O) groups is 1. The average Bonchev–Trinajstić information content (AvgIpc) is 2.81. The Labute approximate surface area is 114 Å². The summed E-state index contributed by atoms with van der Waals surface area (Å²) in [5, 5.41) is 15.2. The summed E-state index contributed by atoms with van der Waals surface area (Å²) in [7, 11) is 0. The molecule has 110 valence electrons. The molecule has 1 aromatic carbocycles. The summed E-state index contributed by atoms with van der Waals surface area (Å²) < 4.78 is 37.1. The maximum atomic E-state index is 12.4. The van der Waals surface area contributed by atoms with Crippen LogP contribution in [0.4, 0.5) is 13.2 Å². The molecule has 1 amide bonds. The van der Waals surface area contributed by atoms with E-state index in [1.165, 1.54) is 0 Å². The number of aliphatic hydroxyl groups is 1. The number of aliphatic hydroxyl groups excluding tert-OH is 1. The fraction of sp³-hybridized carbons (Fsp3) is 0.462. The summed E-state index contributed by atoms with van der Waals surface area (Å²) in [4.78, 5) is 11.8. The van der Waals surface area contributed by atoms with E-state index in [0.29, 0.717) is 13.1 Å². The molecule has 3 N–H and O–H groups in total. The van der Waals surface area contributed by atoms with Crippen LogP contribution >= 0.6 is 0 Å². The van der Waals surface area contributed by atoms with Crippen molar-refractivity contribution in [3.63, 3.8) is 0 Å². The van der Waals surface area contributed by atoms with Crippen LogP contribution in [-0.2, 0) is 6.18 Å². The number of hydrogen-bond acceptors (Lipinski definition) is 3. The molecule has 1 fully saturated rings. The Morgan fingerprint density at radius 2 is 1.95 bits per heavy atom. The SMILES string of the molecule is O=C(NCC1CNCC1O)c1ccc(C(F)(F)F)cc1. The highest BCUT2D eigenvalue weighted by Crippen LogP contribution is 2.29. The minimum absolute atomic E-state index is 0.0756. The Hall–Kier alpha value is -1.60. The zero-order valence-electron chi connectivity index (χ0n) is 10.6. The first kappa shape index (κ1) is 14.8. The van der Waals surface area contributed by atoms with Crippen LogP contribution in [0.25, 0.3) is 0 Å². The molecular formula is C13H15F3N2O2. The first-order chi connectivity index (χ1) is 9.38. The first-order valence-corrected chi connectivity index (χ1v) is 6.22. The number of rotatable bonds is 3. The molecule has 1 aliphatic rings. The van der Waals surface area contributed by atoms with Gasteiger partial charge in [0.1, 0.15) is 0 Å². The van der Waals surface area contributed by atoms with Crippen molar-refractivity contribution in [3.05, 3.63) is 35.4 Å². The molecule has 1 heterocycles. The van der Waals surface area contributed by atoms with Crippen molar-refractivity contribution >= 4 is 5.91 Å². The van der Waals surface area contributed by atoms with Gasteiger partial charge in [0.25, 0.3) is 5.91 Å². The summed E-state index contributed by atoms with van der Waals surface area (Å²) in [6.07, 6.45) is -4.92. The molecule has 0 radical (unpaired) electrons. The molecule has 1 aliphatic heterocycles. The van der Waals surface area contributed by atoms with Gasteiger partial charge in [-0.15, -0.1) is 0 Å². The van der Waals surface area contributed by atoms with E-state index in [4.69, 9.17) is 0 Å². The predicted molar refractivity (Wildman–Crippen MR) is 66.1 cm³/mol. The maximum absolute atomic E-state index is 12.4. The number of alkyl halides is 3. The van der Waals surface area contributed by atoms with E-state index < -0.39 is 23.8 Å². The van der Waals surface area contributed by atoms with Crippen molar-refractivity contribution in [3.8, 4) is 0 Å². The number of nitrogens with one attached hydrogen (secondary N) is 2. The van der Waals surface area contributed by atoms with Crippen LogP contribution in [0.2, 0.25) is 0 Å².